The number of hydrogen-bond donors (Lipinski definition) is 2. The molecule has 7 nitrogen and oxygen atoms in total. The number of carbonyl (C=O) groups excluding carboxylic acids is 2. The van der Waals surface area contributed by atoms with E-state index in [4.69, 9.17) is 5.11 Å². The zero-order valence-electron chi connectivity index (χ0n) is 12.1. The van der Waals surface area contributed by atoms with E-state index in [0.29, 0.717) is 39.1 Å². The van der Waals surface area contributed by atoms with Crippen LogP contribution in [0.2, 0.25) is 0 Å². The Morgan fingerprint density at radius 2 is 1.70 bits per heavy atom. The van der Waals surface area contributed by atoms with Gasteiger partial charge in [-0.25, -0.2) is 4.79 Å². The van der Waals surface area contributed by atoms with Crippen molar-refractivity contribution in [3.05, 3.63) is 0 Å². The molecule has 0 bridgehead atoms. The molecule has 0 aliphatic carbocycles. The fraction of sp³-hybridized carbons (Fsp3) is 0.769. The van der Waals surface area contributed by atoms with Gasteiger partial charge in [-0.2, -0.15) is 0 Å². The first-order valence-electron chi connectivity index (χ1n) is 6.90. The summed E-state index contributed by atoms with van der Waals surface area (Å²) in [7, 11) is 0. The molecule has 1 aliphatic rings. The number of urea groups is 1. The van der Waals surface area contributed by atoms with Crippen molar-refractivity contribution in [3.8, 4) is 0 Å². The molecule has 1 saturated heterocycles. The first-order chi connectivity index (χ1) is 9.40. The molecule has 20 heavy (non-hydrogen) atoms. The summed E-state index contributed by atoms with van der Waals surface area (Å²) in [6.45, 7) is 6.12. The third-order valence-corrected chi connectivity index (χ3v) is 3.46. The average Bonchev–Trinajstić information content (AvgIpc) is 2.42. The topological polar surface area (TPSA) is 90.0 Å². The van der Waals surface area contributed by atoms with E-state index in [1.165, 1.54) is 6.92 Å². The number of carbonyl (C=O) groups is 3. The smallest absolute Gasteiger partial charge is 0.317 e. The molecule has 1 heterocycles. The molecule has 2 N–H and O–H groups in total. The summed E-state index contributed by atoms with van der Waals surface area (Å²) >= 11 is 0. The molecule has 0 spiro atoms. The summed E-state index contributed by atoms with van der Waals surface area (Å²) in [6, 6.07) is -0.143. The Labute approximate surface area is 118 Å². The van der Waals surface area contributed by atoms with Gasteiger partial charge in [0.15, 0.2) is 0 Å². The fourth-order valence-electron chi connectivity index (χ4n) is 2.07. The highest BCUT2D eigenvalue weighted by Crippen LogP contribution is 2.05. The van der Waals surface area contributed by atoms with Crippen LogP contribution in [-0.4, -0.2) is 65.5 Å². The van der Waals surface area contributed by atoms with Crippen molar-refractivity contribution in [3.63, 3.8) is 0 Å². The van der Waals surface area contributed by atoms with Crippen molar-refractivity contribution < 1.29 is 19.5 Å². The minimum atomic E-state index is -0.816. The van der Waals surface area contributed by atoms with Gasteiger partial charge < -0.3 is 20.2 Å². The number of carboxylic acid groups (broad SMARTS) is 1. The number of nitrogens with one attached hydrogen (secondary N) is 1. The van der Waals surface area contributed by atoms with E-state index in [1.54, 1.807) is 9.80 Å². The molecular formula is C13H23N3O4. The van der Waals surface area contributed by atoms with Crippen molar-refractivity contribution >= 4 is 17.9 Å². The zero-order chi connectivity index (χ0) is 15.1. The third kappa shape index (κ3) is 5.46. The third-order valence-electron chi connectivity index (χ3n) is 3.46. The van der Waals surface area contributed by atoms with Gasteiger partial charge in [0.1, 0.15) is 0 Å². The van der Waals surface area contributed by atoms with Gasteiger partial charge in [0.25, 0.3) is 0 Å². The fourth-order valence-corrected chi connectivity index (χ4v) is 2.07. The van der Waals surface area contributed by atoms with Crippen LogP contribution >= 0.6 is 0 Å². The lowest BCUT2D eigenvalue weighted by Crippen LogP contribution is -2.53. The maximum atomic E-state index is 11.9. The quantitative estimate of drug-likeness (QED) is 0.763. The van der Waals surface area contributed by atoms with Gasteiger partial charge in [0.2, 0.25) is 5.91 Å². The molecule has 3 amide bonds. The Balaban J connectivity index is 2.23. The largest absolute Gasteiger partial charge is 0.481 e. The normalized spacial score (nSPS) is 16.7. The Morgan fingerprint density at radius 3 is 2.20 bits per heavy atom. The van der Waals surface area contributed by atoms with E-state index >= 15 is 0 Å². The lowest BCUT2D eigenvalue weighted by molar-refractivity contribution is -0.137. The maximum Gasteiger partial charge on any atom is 0.317 e. The molecule has 1 unspecified atom stereocenters. The van der Waals surface area contributed by atoms with Crippen molar-refractivity contribution in [1.82, 2.24) is 15.1 Å². The van der Waals surface area contributed by atoms with Gasteiger partial charge >= 0.3 is 12.0 Å². The second-order valence-corrected chi connectivity index (χ2v) is 5.22. The van der Waals surface area contributed by atoms with Crippen LogP contribution in [0.1, 0.15) is 26.7 Å². The van der Waals surface area contributed by atoms with Gasteiger partial charge in [0.05, 0.1) is 0 Å². The van der Waals surface area contributed by atoms with E-state index in [-0.39, 0.29) is 24.3 Å². The molecule has 0 saturated carbocycles. The summed E-state index contributed by atoms with van der Waals surface area (Å²) < 4.78 is 0. The van der Waals surface area contributed by atoms with E-state index in [9.17, 15) is 14.4 Å². The van der Waals surface area contributed by atoms with Gasteiger partial charge in [-0.05, 0) is 12.3 Å². The average molecular weight is 285 g/mol. The molecule has 7 heteroatoms. The van der Waals surface area contributed by atoms with Crippen LogP contribution in [0.3, 0.4) is 0 Å². The first kappa shape index (κ1) is 16.3. The molecule has 1 rings (SSSR count). The minimum absolute atomic E-state index is 0.0346. The van der Waals surface area contributed by atoms with Crippen molar-refractivity contribution in [2.24, 2.45) is 5.92 Å². The SMILES string of the molecule is CC(=O)N1CCN(C(=O)NCC(C)CCC(=O)O)CC1. The Kier molecular flexibility index (Phi) is 6.27. The number of amides is 3. The highest BCUT2D eigenvalue weighted by atomic mass is 16.4. The molecule has 0 aromatic heterocycles. The second-order valence-electron chi connectivity index (χ2n) is 5.22. The van der Waals surface area contributed by atoms with Gasteiger partial charge in [0, 0.05) is 46.1 Å². The predicted molar refractivity (Wildman–Crippen MR) is 73.3 cm³/mol. The Bertz CT molecular complexity index is 365. The van der Waals surface area contributed by atoms with Crippen molar-refractivity contribution in [1.29, 1.82) is 0 Å². The van der Waals surface area contributed by atoms with Crippen LogP contribution in [0.15, 0.2) is 0 Å². The summed E-state index contributed by atoms with van der Waals surface area (Å²) in [6.07, 6.45) is 0.669. The van der Waals surface area contributed by atoms with Gasteiger partial charge in [-0.15, -0.1) is 0 Å². The first-order valence-corrected chi connectivity index (χ1v) is 6.90. The standard InChI is InChI=1S/C13H23N3O4/c1-10(3-4-12(18)19)9-14-13(20)16-7-5-15(6-8-16)11(2)17/h10H,3-9H2,1-2H3,(H,14,20)(H,18,19). The number of hydrogen-bond acceptors (Lipinski definition) is 3. The molecule has 0 radical (unpaired) electrons. The molecule has 0 aromatic carbocycles. The number of nitrogens with zero attached hydrogens (tertiary/aromatic N) is 2. The molecule has 1 fully saturated rings. The molecule has 1 aliphatic heterocycles. The summed E-state index contributed by atoms with van der Waals surface area (Å²) in [5, 5.41) is 11.4. The van der Waals surface area contributed by atoms with Crippen molar-refractivity contribution in [2.75, 3.05) is 32.7 Å². The molecule has 114 valence electrons. The maximum absolute atomic E-state index is 11.9. The highest BCUT2D eigenvalue weighted by molar-refractivity contribution is 5.76. The molecule has 1 atom stereocenters. The van der Waals surface area contributed by atoms with E-state index < -0.39 is 5.97 Å². The Morgan fingerprint density at radius 1 is 1.15 bits per heavy atom. The van der Waals surface area contributed by atoms with Crippen LogP contribution < -0.4 is 5.32 Å². The lowest BCUT2D eigenvalue weighted by atomic mass is 10.1. The highest BCUT2D eigenvalue weighted by Gasteiger charge is 2.22. The van der Waals surface area contributed by atoms with Crippen LogP contribution in [0, 0.1) is 5.92 Å². The molecular weight excluding hydrogens is 262 g/mol. The second kappa shape index (κ2) is 7.72. The van der Waals surface area contributed by atoms with Crippen LogP contribution in [0.5, 0.6) is 0 Å². The predicted octanol–water partition coefficient (Wildman–Crippen LogP) is 0.361. The van der Waals surface area contributed by atoms with Crippen LogP contribution in [0.4, 0.5) is 4.79 Å². The van der Waals surface area contributed by atoms with E-state index in [1.807, 2.05) is 6.92 Å². The van der Waals surface area contributed by atoms with E-state index in [0.717, 1.165) is 0 Å². The lowest BCUT2D eigenvalue weighted by Gasteiger charge is -2.34. The summed E-state index contributed by atoms with van der Waals surface area (Å²) in [4.78, 5) is 36.9. The number of piperazine rings is 1. The Hall–Kier alpha value is -1.79. The van der Waals surface area contributed by atoms with Gasteiger partial charge in [-0.1, -0.05) is 6.92 Å². The zero-order valence-corrected chi connectivity index (χ0v) is 12.1. The van der Waals surface area contributed by atoms with Crippen LogP contribution in [0.25, 0.3) is 0 Å². The van der Waals surface area contributed by atoms with E-state index in [2.05, 4.69) is 5.32 Å². The summed E-state index contributed by atoms with van der Waals surface area (Å²) in [5.41, 5.74) is 0. The number of aliphatic carboxylic acids is 1. The monoisotopic (exact) mass is 285 g/mol. The minimum Gasteiger partial charge on any atom is -0.481 e. The number of carboxylic acids is 1. The van der Waals surface area contributed by atoms with Crippen LogP contribution in [-0.2, 0) is 9.59 Å². The van der Waals surface area contributed by atoms with Gasteiger partial charge in [-0.3, -0.25) is 9.59 Å². The summed E-state index contributed by atoms with van der Waals surface area (Å²) in [5.74, 6) is -0.649. The van der Waals surface area contributed by atoms with Crippen molar-refractivity contribution in [2.45, 2.75) is 26.7 Å². The number of rotatable bonds is 5. The molecule has 0 aromatic rings.